The molecule has 0 saturated carbocycles. The summed E-state index contributed by atoms with van der Waals surface area (Å²) in [6.45, 7) is 2.06. The average Bonchev–Trinajstić information content (AvgIpc) is 2.62. The van der Waals surface area contributed by atoms with Crippen LogP contribution in [0, 0.1) is 0 Å². The van der Waals surface area contributed by atoms with Crippen LogP contribution in [0.1, 0.15) is 12.8 Å². The summed E-state index contributed by atoms with van der Waals surface area (Å²) in [6.07, 6.45) is 4.08. The van der Waals surface area contributed by atoms with Crippen molar-refractivity contribution in [3.8, 4) is 0 Å². The lowest BCUT2D eigenvalue weighted by atomic mass is 10.4. The van der Waals surface area contributed by atoms with Gasteiger partial charge in [-0.2, -0.15) is 5.10 Å². The van der Waals surface area contributed by atoms with E-state index in [1.807, 2.05) is 0 Å². The first-order chi connectivity index (χ1) is 6.29. The molecule has 0 aromatic carbocycles. The Labute approximate surface area is 86.7 Å². The first kappa shape index (κ1) is 9.03. The van der Waals surface area contributed by atoms with Crippen molar-refractivity contribution >= 4 is 28.9 Å². The molecule has 1 saturated heterocycles. The lowest BCUT2D eigenvalue weighted by Gasteiger charge is -2.17. The maximum absolute atomic E-state index is 6.00. The van der Waals surface area contributed by atoms with E-state index in [4.69, 9.17) is 23.2 Å². The maximum atomic E-state index is 6.00. The fourth-order valence-electron chi connectivity index (χ4n) is 1.52. The van der Waals surface area contributed by atoms with Crippen molar-refractivity contribution in [3.05, 3.63) is 16.4 Å². The van der Waals surface area contributed by atoms with Gasteiger partial charge < -0.3 is 4.90 Å². The summed E-state index contributed by atoms with van der Waals surface area (Å²) < 4.78 is 0. The fourth-order valence-corrected chi connectivity index (χ4v) is 1.87. The zero-order chi connectivity index (χ0) is 9.26. The zero-order valence-corrected chi connectivity index (χ0v) is 8.52. The van der Waals surface area contributed by atoms with Crippen molar-refractivity contribution in [1.82, 2.24) is 10.2 Å². The Hall–Kier alpha value is -0.540. The molecule has 13 heavy (non-hydrogen) atoms. The molecule has 1 aliphatic heterocycles. The van der Waals surface area contributed by atoms with Crippen LogP contribution >= 0.6 is 23.2 Å². The van der Waals surface area contributed by atoms with Gasteiger partial charge in [0.1, 0.15) is 5.02 Å². The highest BCUT2D eigenvalue weighted by Crippen LogP contribution is 2.31. The van der Waals surface area contributed by atoms with Crippen LogP contribution in [0.5, 0.6) is 0 Å². The predicted octanol–water partition coefficient (Wildman–Crippen LogP) is 2.38. The summed E-state index contributed by atoms with van der Waals surface area (Å²) in [6, 6.07) is 0. The molecular weight excluding hydrogens is 209 g/mol. The monoisotopic (exact) mass is 217 g/mol. The smallest absolute Gasteiger partial charge is 0.172 e. The average molecular weight is 218 g/mol. The third-order valence-electron chi connectivity index (χ3n) is 2.18. The van der Waals surface area contributed by atoms with Gasteiger partial charge >= 0.3 is 0 Å². The first-order valence-corrected chi connectivity index (χ1v) is 4.96. The Balaban J connectivity index is 2.33. The topological polar surface area (TPSA) is 29.0 Å². The van der Waals surface area contributed by atoms with Crippen LogP contribution in [-0.2, 0) is 0 Å². The number of rotatable bonds is 1. The molecule has 0 unspecified atom stereocenters. The predicted molar refractivity (Wildman–Crippen MR) is 53.5 cm³/mol. The lowest BCUT2D eigenvalue weighted by Crippen LogP contribution is -2.18. The summed E-state index contributed by atoms with van der Waals surface area (Å²) in [4.78, 5) is 2.18. The number of halogens is 2. The third kappa shape index (κ3) is 1.71. The van der Waals surface area contributed by atoms with Crippen molar-refractivity contribution in [1.29, 1.82) is 0 Å². The molecule has 5 heteroatoms. The number of nitrogens with zero attached hydrogens (tertiary/aromatic N) is 3. The maximum Gasteiger partial charge on any atom is 0.172 e. The molecule has 0 spiro atoms. The summed E-state index contributed by atoms with van der Waals surface area (Å²) >= 11 is 11.8. The number of aromatic nitrogens is 2. The van der Waals surface area contributed by atoms with Gasteiger partial charge in [0, 0.05) is 13.1 Å². The SMILES string of the molecule is Clc1nncc(N2CCCC2)c1Cl. The third-order valence-corrected chi connectivity index (χ3v) is 2.91. The molecule has 70 valence electrons. The molecule has 1 aliphatic rings. The van der Waals surface area contributed by atoms with Gasteiger partial charge in [-0.25, -0.2) is 0 Å². The molecule has 0 radical (unpaired) electrons. The highest BCUT2D eigenvalue weighted by Gasteiger charge is 2.17. The minimum Gasteiger partial charge on any atom is -0.369 e. The van der Waals surface area contributed by atoms with Gasteiger partial charge in [-0.05, 0) is 12.8 Å². The van der Waals surface area contributed by atoms with E-state index in [-0.39, 0.29) is 5.15 Å². The van der Waals surface area contributed by atoms with Crippen molar-refractivity contribution in [2.45, 2.75) is 12.8 Å². The molecule has 0 atom stereocenters. The van der Waals surface area contributed by atoms with Crippen LogP contribution in [0.2, 0.25) is 10.2 Å². The molecule has 1 aromatic heterocycles. The number of hydrogen-bond acceptors (Lipinski definition) is 3. The van der Waals surface area contributed by atoms with Crippen molar-refractivity contribution < 1.29 is 0 Å². The van der Waals surface area contributed by atoms with Gasteiger partial charge in [-0.3, -0.25) is 0 Å². The quantitative estimate of drug-likeness (QED) is 0.724. The Morgan fingerprint density at radius 2 is 1.92 bits per heavy atom. The van der Waals surface area contributed by atoms with Crippen molar-refractivity contribution in [2.75, 3.05) is 18.0 Å². The largest absolute Gasteiger partial charge is 0.369 e. The molecule has 0 bridgehead atoms. The Bertz CT molecular complexity index is 310. The second-order valence-corrected chi connectivity index (χ2v) is 3.76. The van der Waals surface area contributed by atoms with E-state index in [0.717, 1.165) is 18.8 Å². The normalized spacial score (nSPS) is 16.6. The van der Waals surface area contributed by atoms with Crippen LogP contribution in [0.4, 0.5) is 5.69 Å². The minimum atomic E-state index is 0.283. The molecule has 1 fully saturated rings. The van der Waals surface area contributed by atoms with Crippen LogP contribution in [0.15, 0.2) is 6.20 Å². The summed E-state index contributed by atoms with van der Waals surface area (Å²) in [7, 11) is 0. The standard InChI is InChI=1S/C8H9Cl2N3/c9-7-6(5-11-12-8(7)10)13-3-1-2-4-13/h5H,1-4H2. The Morgan fingerprint density at radius 3 is 2.62 bits per heavy atom. The van der Waals surface area contributed by atoms with Gasteiger partial charge in [-0.15, -0.1) is 5.10 Å². The van der Waals surface area contributed by atoms with E-state index in [2.05, 4.69) is 15.1 Å². The summed E-state index contributed by atoms with van der Waals surface area (Å²) in [5, 5.41) is 8.25. The number of hydrogen-bond donors (Lipinski definition) is 0. The minimum absolute atomic E-state index is 0.283. The molecule has 1 aromatic rings. The van der Waals surface area contributed by atoms with Gasteiger partial charge in [0.15, 0.2) is 5.15 Å². The van der Waals surface area contributed by atoms with Crippen molar-refractivity contribution in [2.24, 2.45) is 0 Å². The van der Waals surface area contributed by atoms with Crippen LogP contribution in [-0.4, -0.2) is 23.3 Å². The number of anilines is 1. The highest BCUT2D eigenvalue weighted by molar-refractivity contribution is 6.42. The van der Waals surface area contributed by atoms with Crippen LogP contribution in [0.3, 0.4) is 0 Å². The second kappa shape index (κ2) is 3.68. The zero-order valence-electron chi connectivity index (χ0n) is 7.00. The van der Waals surface area contributed by atoms with E-state index < -0.39 is 0 Å². The second-order valence-electron chi connectivity index (χ2n) is 3.03. The van der Waals surface area contributed by atoms with Gasteiger partial charge in [0.2, 0.25) is 0 Å². The summed E-state index contributed by atoms with van der Waals surface area (Å²) in [5.41, 5.74) is 0.902. The first-order valence-electron chi connectivity index (χ1n) is 4.20. The van der Waals surface area contributed by atoms with Gasteiger partial charge in [-0.1, -0.05) is 23.2 Å². The molecule has 0 aliphatic carbocycles. The Morgan fingerprint density at radius 1 is 1.23 bits per heavy atom. The van der Waals surface area contributed by atoms with Gasteiger partial charge in [0.05, 0.1) is 11.9 Å². The molecule has 0 amide bonds. The van der Waals surface area contributed by atoms with E-state index in [9.17, 15) is 0 Å². The molecule has 2 rings (SSSR count). The Kier molecular flexibility index (Phi) is 2.56. The van der Waals surface area contributed by atoms with Crippen LogP contribution < -0.4 is 4.90 Å². The molecule has 3 nitrogen and oxygen atoms in total. The van der Waals surface area contributed by atoms with E-state index in [1.165, 1.54) is 12.8 Å². The van der Waals surface area contributed by atoms with Gasteiger partial charge in [0.25, 0.3) is 0 Å². The highest BCUT2D eigenvalue weighted by atomic mass is 35.5. The van der Waals surface area contributed by atoms with E-state index >= 15 is 0 Å². The fraction of sp³-hybridized carbons (Fsp3) is 0.500. The van der Waals surface area contributed by atoms with Crippen molar-refractivity contribution in [3.63, 3.8) is 0 Å². The van der Waals surface area contributed by atoms with Crippen LogP contribution in [0.25, 0.3) is 0 Å². The molecule has 0 N–H and O–H groups in total. The molecular formula is C8H9Cl2N3. The lowest BCUT2D eigenvalue weighted by molar-refractivity contribution is 0.937. The van der Waals surface area contributed by atoms with E-state index in [0.29, 0.717) is 5.02 Å². The molecule has 2 heterocycles. The summed E-state index contributed by atoms with van der Waals surface area (Å²) in [5.74, 6) is 0. The van der Waals surface area contributed by atoms with E-state index in [1.54, 1.807) is 6.20 Å².